The number of nitriles is 1. The second kappa shape index (κ2) is 9.11. The summed E-state index contributed by atoms with van der Waals surface area (Å²) in [6, 6.07) is 17.1. The van der Waals surface area contributed by atoms with E-state index in [4.69, 9.17) is 9.47 Å². The van der Waals surface area contributed by atoms with Gasteiger partial charge in [-0.1, -0.05) is 48.6 Å². The molecule has 0 spiro atoms. The molecule has 34 heavy (non-hydrogen) atoms. The third-order valence-electron chi connectivity index (χ3n) is 5.67. The molecule has 3 heterocycles. The molecule has 0 radical (unpaired) electrons. The molecule has 2 aliphatic heterocycles. The van der Waals surface area contributed by atoms with Gasteiger partial charge in [0.15, 0.2) is 11.5 Å². The van der Waals surface area contributed by atoms with Crippen LogP contribution < -0.4 is 25.7 Å². The summed E-state index contributed by atoms with van der Waals surface area (Å²) < 4.78 is 11.1. The molecule has 0 bridgehead atoms. The average Bonchev–Trinajstić information content (AvgIpc) is 2.86. The molecular weight excluding hydrogens is 434 g/mol. The maximum Gasteiger partial charge on any atom is 0.258 e. The number of fused-ring (bicyclic) bond motifs is 2. The van der Waals surface area contributed by atoms with Crippen molar-refractivity contribution in [2.45, 2.75) is 12.5 Å². The molecule has 1 aromatic heterocycles. The quantitative estimate of drug-likeness (QED) is 0.539. The number of carbonyl (C=O) groups is 1. The van der Waals surface area contributed by atoms with E-state index in [0.717, 1.165) is 11.1 Å². The summed E-state index contributed by atoms with van der Waals surface area (Å²) in [4.78, 5) is 32.7. The number of hydrogen-bond acceptors (Lipinski definition) is 7. The molecule has 2 atom stereocenters. The molecule has 9 nitrogen and oxygen atoms in total. The third-order valence-corrected chi connectivity index (χ3v) is 5.67. The number of aromatic amines is 1. The number of benzene rings is 2. The maximum atomic E-state index is 13.0. The van der Waals surface area contributed by atoms with Gasteiger partial charge in [-0.2, -0.15) is 10.2 Å². The topological polar surface area (TPSA) is 129 Å². The van der Waals surface area contributed by atoms with Crippen molar-refractivity contribution in [2.24, 2.45) is 5.92 Å². The van der Waals surface area contributed by atoms with Crippen molar-refractivity contribution in [2.75, 3.05) is 23.8 Å². The molecule has 3 aromatic rings. The first-order valence-corrected chi connectivity index (χ1v) is 10.8. The van der Waals surface area contributed by atoms with Gasteiger partial charge in [0.1, 0.15) is 24.9 Å². The number of ether oxygens (including phenoxy) is 2. The lowest BCUT2D eigenvalue weighted by Crippen LogP contribution is -2.37. The Morgan fingerprint density at radius 3 is 2.71 bits per heavy atom. The van der Waals surface area contributed by atoms with Gasteiger partial charge in [-0.25, -0.2) is 0 Å². The van der Waals surface area contributed by atoms with Crippen LogP contribution in [0, 0.1) is 17.2 Å². The van der Waals surface area contributed by atoms with E-state index < -0.39 is 23.3 Å². The highest BCUT2D eigenvalue weighted by Crippen LogP contribution is 2.34. The summed E-state index contributed by atoms with van der Waals surface area (Å²) >= 11 is 0. The van der Waals surface area contributed by atoms with E-state index in [0.29, 0.717) is 31.3 Å². The molecule has 0 saturated carbocycles. The highest BCUT2D eigenvalue weighted by Gasteiger charge is 2.37. The van der Waals surface area contributed by atoms with Crippen molar-refractivity contribution in [3.8, 4) is 17.6 Å². The van der Waals surface area contributed by atoms with Crippen LogP contribution in [0.3, 0.4) is 0 Å². The van der Waals surface area contributed by atoms with Crippen LogP contribution in [-0.2, 0) is 11.3 Å². The van der Waals surface area contributed by atoms with Gasteiger partial charge in [-0.05, 0) is 23.3 Å². The largest absolute Gasteiger partial charge is 0.486 e. The van der Waals surface area contributed by atoms with Crippen LogP contribution in [0.15, 0.2) is 59.4 Å². The van der Waals surface area contributed by atoms with Crippen LogP contribution in [-0.4, -0.2) is 29.1 Å². The van der Waals surface area contributed by atoms with Gasteiger partial charge in [-0.3, -0.25) is 14.6 Å². The van der Waals surface area contributed by atoms with Gasteiger partial charge in [0.2, 0.25) is 11.9 Å². The minimum absolute atomic E-state index is 0.146. The molecule has 2 aromatic carbocycles. The maximum absolute atomic E-state index is 13.0. The van der Waals surface area contributed by atoms with Crippen molar-refractivity contribution in [3.63, 3.8) is 0 Å². The number of carbonyl (C=O) groups excluding carboxylic acids is 1. The van der Waals surface area contributed by atoms with E-state index in [1.807, 2.05) is 54.6 Å². The molecule has 3 N–H and O–H groups in total. The fourth-order valence-corrected chi connectivity index (χ4v) is 4.00. The monoisotopic (exact) mass is 455 g/mol. The van der Waals surface area contributed by atoms with Crippen LogP contribution in [0.5, 0.6) is 11.5 Å². The Morgan fingerprint density at radius 2 is 1.91 bits per heavy atom. The smallest absolute Gasteiger partial charge is 0.258 e. The van der Waals surface area contributed by atoms with E-state index in [9.17, 15) is 14.9 Å². The summed E-state index contributed by atoms with van der Waals surface area (Å²) in [5.41, 5.74) is 1.64. The molecule has 5 rings (SSSR count). The summed E-state index contributed by atoms with van der Waals surface area (Å²) in [6.45, 7) is 1.38. The molecule has 1 amide bonds. The summed E-state index contributed by atoms with van der Waals surface area (Å²) in [5.74, 6) is -0.537. The Balaban J connectivity index is 1.41. The van der Waals surface area contributed by atoms with Crippen LogP contribution in [0.2, 0.25) is 0 Å². The van der Waals surface area contributed by atoms with E-state index >= 15 is 0 Å². The van der Waals surface area contributed by atoms with Gasteiger partial charge in [0.05, 0.1) is 11.6 Å². The molecule has 0 saturated heterocycles. The Kier molecular flexibility index (Phi) is 5.70. The zero-order valence-electron chi connectivity index (χ0n) is 18.1. The summed E-state index contributed by atoms with van der Waals surface area (Å²) in [6.07, 6.45) is 3.50. The number of aromatic nitrogens is 2. The van der Waals surface area contributed by atoms with Crippen molar-refractivity contribution < 1.29 is 14.3 Å². The molecule has 2 aliphatic rings. The zero-order chi connectivity index (χ0) is 23.5. The van der Waals surface area contributed by atoms with Crippen LogP contribution in [0.25, 0.3) is 6.08 Å². The number of H-pyrrole nitrogens is 1. The molecule has 2 unspecified atom stereocenters. The number of rotatable bonds is 5. The second-order valence-corrected chi connectivity index (χ2v) is 7.90. The van der Waals surface area contributed by atoms with Crippen molar-refractivity contribution >= 4 is 23.7 Å². The highest BCUT2D eigenvalue weighted by atomic mass is 16.6. The fourth-order valence-electron chi connectivity index (χ4n) is 4.00. The third kappa shape index (κ3) is 4.21. The second-order valence-electron chi connectivity index (χ2n) is 7.90. The van der Waals surface area contributed by atoms with E-state index in [-0.39, 0.29) is 17.3 Å². The minimum atomic E-state index is -1.04. The Morgan fingerprint density at radius 1 is 1.12 bits per heavy atom. The van der Waals surface area contributed by atoms with Gasteiger partial charge in [0, 0.05) is 12.5 Å². The lowest BCUT2D eigenvalue weighted by molar-refractivity contribution is -0.119. The van der Waals surface area contributed by atoms with Gasteiger partial charge in [0.25, 0.3) is 5.56 Å². The van der Waals surface area contributed by atoms with Crippen molar-refractivity contribution in [1.82, 2.24) is 9.97 Å². The predicted octanol–water partition coefficient (Wildman–Crippen LogP) is 3.04. The summed E-state index contributed by atoms with van der Waals surface area (Å²) in [5, 5.41) is 15.3. The van der Waals surface area contributed by atoms with Crippen LogP contribution >= 0.6 is 0 Å². The number of hydrogen-bond donors (Lipinski definition) is 3. The van der Waals surface area contributed by atoms with E-state index in [1.54, 1.807) is 12.2 Å². The van der Waals surface area contributed by atoms with Crippen LogP contribution in [0.4, 0.5) is 11.8 Å². The van der Waals surface area contributed by atoms with E-state index in [2.05, 4.69) is 20.6 Å². The molecular formula is C25H21N5O4. The standard InChI is InChI=1S/C25H21N5O4/c26-13-18-17(8-6-15-4-2-1-3-5-15)21-22(28-23(18)31)29-25(30-24(21)32)27-14-16-7-9-19-20(12-16)34-11-10-33-19/h1-9,12,17-18H,10-11,14H2,(H3,27,28,29,30,31,32)/b8-6+. The highest BCUT2D eigenvalue weighted by molar-refractivity contribution is 5.97. The fraction of sp³-hybridized carbons (Fsp3) is 0.200. The number of allylic oxidation sites excluding steroid dienone is 1. The molecule has 0 aliphatic carbocycles. The van der Waals surface area contributed by atoms with Gasteiger partial charge >= 0.3 is 0 Å². The SMILES string of the molecule is N#CC1C(=O)Nc2nc(NCc3ccc4c(c3)OCCO4)[nH]c(=O)c2C1/C=C/c1ccccc1. The zero-order valence-corrected chi connectivity index (χ0v) is 18.1. The first kappa shape index (κ1) is 21.3. The number of amides is 1. The lowest BCUT2D eigenvalue weighted by Gasteiger charge is -2.26. The minimum Gasteiger partial charge on any atom is -0.486 e. The molecule has 170 valence electrons. The Labute approximate surface area is 195 Å². The first-order chi connectivity index (χ1) is 16.6. The first-order valence-electron chi connectivity index (χ1n) is 10.8. The summed E-state index contributed by atoms with van der Waals surface area (Å²) in [7, 11) is 0. The number of nitrogens with zero attached hydrogens (tertiary/aromatic N) is 2. The van der Waals surface area contributed by atoms with Crippen molar-refractivity contribution in [3.05, 3.63) is 81.7 Å². The van der Waals surface area contributed by atoms with Crippen molar-refractivity contribution in [1.29, 1.82) is 5.26 Å². The molecule has 0 fully saturated rings. The average molecular weight is 455 g/mol. The molecule has 9 heteroatoms. The van der Waals surface area contributed by atoms with Crippen LogP contribution in [0.1, 0.15) is 22.6 Å². The normalized spacial score (nSPS) is 18.6. The van der Waals surface area contributed by atoms with Gasteiger partial charge in [-0.15, -0.1) is 0 Å². The number of nitrogens with one attached hydrogen (secondary N) is 3. The number of anilines is 2. The lowest BCUT2D eigenvalue weighted by atomic mass is 9.83. The van der Waals surface area contributed by atoms with E-state index in [1.165, 1.54) is 0 Å². The predicted molar refractivity (Wildman–Crippen MR) is 126 cm³/mol. The Hall–Kier alpha value is -4.58. The van der Waals surface area contributed by atoms with Gasteiger partial charge < -0.3 is 20.1 Å². The Bertz CT molecular complexity index is 1360.